The molecule has 0 N–H and O–H groups in total. The number of rotatable bonds is 16. The summed E-state index contributed by atoms with van der Waals surface area (Å²) in [4.78, 5) is 0. The lowest BCUT2D eigenvalue weighted by Gasteiger charge is -2.70. The van der Waals surface area contributed by atoms with Gasteiger partial charge in [0.05, 0.1) is 79.3 Å². The van der Waals surface area contributed by atoms with Crippen LogP contribution in [0.4, 0.5) is 61.5 Å². The van der Waals surface area contributed by atoms with Crippen LogP contribution in [0, 0.1) is 0 Å². The van der Waals surface area contributed by atoms with Crippen LogP contribution in [0.15, 0.2) is 0 Å². The molecule has 6 fully saturated rings. The fourth-order valence-corrected chi connectivity index (χ4v) is 6.32. The summed E-state index contributed by atoms with van der Waals surface area (Å²) < 4.78 is 267. The van der Waals surface area contributed by atoms with Crippen LogP contribution < -0.4 is 0 Å². The number of alkyl halides is 14. The summed E-state index contributed by atoms with van der Waals surface area (Å²) in [5.41, 5.74) is -40.6. The van der Waals surface area contributed by atoms with Crippen LogP contribution in [0.3, 0.4) is 0 Å². The van der Waals surface area contributed by atoms with Crippen molar-refractivity contribution >= 4 is 0 Å². The van der Waals surface area contributed by atoms with Gasteiger partial charge in [-0.05, 0) is 0 Å². The zero-order chi connectivity index (χ0) is 35.5. The molecule has 0 aromatic heterocycles. The lowest BCUT2D eigenvalue weighted by Crippen LogP contribution is -3.02. The molecule has 0 aromatic rings. The van der Waals surface area contributed by atoms with Crippen LogP contribution in [0.1, 0.15) is 0 Å². The number of ether oxygens (including phenoxy) is 8. The molecule has 4 saturated heterocycles. The predicted molar refractivity (Wildman–Crippen MR) is 125 cm³/mol. The molecule has 8 nitrogen and oxygen atoms in total. The van der Waals surface area contributed by atoms with Crippen LogP contribution in [-0.4, -0.2) is 161 Å². The highest BCUT2D eigenvalue weighted by atomic mass is 19.3. The first-order valence-corrected chi connectivity index (χ1v) is 14.5. The van der Waals surface area contributed by atoms with Gasteiger partial charge >= 0.3 is 23.7 Å². The molecule has 0 aromatic carbocycles. The molecule has 6 rings (SSSR count). The molecule has 0 amide bonds. The molecule has 8 atom stereocenters. The summed E-state index contributed by atoms with van der Waals surface area (Å²) in [7, 11) is 0. The van der Waals surface area contributed by atoms with E-state index in [1.165, 1.54) is 0 Å². The van der Waals surface area contributed by atoms with Gasteiger partial charge in [0.2, 0.25) is 34.0 Å². The molecule has 8 unspecified atom stereocenters. The third-order valence-corrected chi connectivity index (χ3v) is 9.47. The Hall–Kier alpha value is -1.30. The van der Waals surface area contributed by atoms with Gasteiger partial charge in [0.1, 0.15) is 24.4 Å². The zero-order valence-electron chi connectivity index (χ0n) is 24.4. The molecular formula is C26H28F14O8. The SMILES string of the molecule is FC1(F)C(F)(F)C(F)(COCC2CO2)C2(F)C(F)(COCC3CO3)C(F)(F)C(F)(F)C(F)(COCC3CO3)C2(F)C1(F)COCC1CO1. The number of halogens is 14. The van der Waals surface area contributed by atoms with Gasteiger partial charge < -0.3 is 37.9 Å². The first kappa shape index (κ1) is 36.5. The van der Waals surface area contributed by atoms with Crippen molar-refractivity contribution in [3.63, 3.8) is 0 Å². The highest BCUT2D eigenvalue weighted by Gasteiger charge is 3.11. The zero-order valence-corrected chi connectivity index (χ0v) is 24.4. The highest BCUT2D eigenvalue weighted by molar-refractivity contribution is 5.49. The van der Waals surface area contributed by atoms with E-state index in [0.29, 0.717) is 0 Å². The second kappa shape index (κ2) is 11.1. The largest absolute Gasteiger partial charge is 0.375 e. The molecule has 4 heterocycles. The Labute approximate surface area is 261 Å². The van der Waals surface area contributed by atoms with Crippen LogP contribution in [0.25, 0.3) is 0 Å². The van der Waals surface area contributed by atoms with E-state index < -0.39 is 135 Å². The third-order valence-electron chi connectivity index (χ3n) is 9.47. The summed E-state index contributed by atoms with van der Waals surface area (Å²) in [6.07, 6.45) is -4.49. The van der Waals surface area contributed by atoms with Crippen molar-refractivity contribution in [2.75, 3.05) is 79.3 Å². The van der Waals surface area contributed by atoms with Gasteiger partial charge in [-0.1, -0.05) is 0 Å². The molecule has 0 radical (unpaired) electrons. The second-order valence-electron chi connectivity index (χ2n) is 12.7. The van der Waals surface area contributed by atoms with E-state index in [4.69, 9.17) is 0 Å². The molecule has 0 spiro atoms. The van der Waals surface area contributed by atoms with E-state index in [2.05, 4.69) is 37.9 Å². The van der Waals surface area contributed by atoms with E-state index in [1.54, 1.807) is 0 Å². The minimum atomic E-state index is -7.17. The molecular weight excluding hydrogens is 706 g/mol. The average Bonchev–Trinajstić information content (AvgIpc) is 3.79. The van der Waals surface area contributed by atoms with Crippen molar-refractivity contribution in [1.29, 1.82) is 0 Å². The fourth-order valence-electron chi connectivity index (χ4n) is 6.32. The van der Waals surface area contributed by atoms with Crippen LogP contribution in [0.2, 0.25) is 0 Å². The van der Waals surface area contributed by atoms with Gasteiger partial charge in [-0.15, -0.1) is 0 Å². The van der Waals surface area contributed by atoms with Crippen LogP contribution in [0.5, 0.6) is 0 Å². The molecule has 48 heavy (non-hydrogen) atoms. The fraction of sp³-hybridized carbons (Fsp3) is 1.00. The van der Waals surface area contributed by atoms with E-state index in [0.717, 1.165) is 0 Å². The van der Waals surface area contributed by atoms with Crippen molar-refractivity contribution in [2.24, 2.45) is 0 Å². The Morgan fingerprint density at radius 2 is 0.521 bits per heavy atom. The summed E-state index contributed by atoms with van der Waals surface area (Å²) in [6, 6.07) is 0. The number of fused-ring (bicyclic) bond motifs is 1. The predicted octanol–water partition coefficient (Wildman–Crippen LogP) is 3.47. The van der Waals surface area contributed by atoms with Crippen molar-refractivity contribution in [3.8, 4) is 0 Å². The Balaban J connectivity index is 1.60. The van der Waals surface area contributed by atoms with Gasteiger partial charge in [0.15, 0.2) is 0 Å². The molecule has 6 aliphatic rings. The van der Waals surface area contributed by atoms with Gasteiger partial charge in [-0.25, -0.2) is 26.3 Å². The molecule has 278 valence electrons. The maximum atomic E-state index is 17.8. The molecule has 4 aliphatic heterocycles. The minimum absolute atomic E-state index is 0.251. The van der Waals surface area contributed by atoms with Gasteiger partial charge in [0, 0.05) is 0 Å². The lowest BCUT2D eigenvalue weighted by molar-refractivity contribution is -0.511. The number of hydrogen-bond donors (Lipinski definition) is 0. The van der Waals surface area contributed by atoms with E-state index in [1.807, 2.05) is 0 Å². The Morgan fingerprint density at radius 1 is 0.354 bits per heavy atom. The summed E-state index contributed by atoms with van der Waals surface area (Å²) in [5.74, 6) is -28.7. The smallest absolute Gasteiger partial charge is 0.352 e. The first-order valence-electron chi connectivity index (χ1n) is 14.5. The third kappa shape index (κ3) is 4.50. The molecule has 2 aliphatic carbocycles. The average molecular weight is 734 g/mol. The normalized spacial score (nSPS) is 48.9. The molecule has 22 heteroatoms. The van der Waals surface area contributed by atoms with Crippen LogP contribution >= 0.6 is 0 Å². The number of hydrogen-bond acceptors (Lipinski definition) is 8. The maximum Gasteiger partial charge on any atom is 0.352 e. The van der Waals surface area contributed by atoms with Crippen LogP contribution in [-0.2, 0) is 37.9 Å². The molecule has 0 bridgehead atoms. The Morgan fingerprint density at radius 3 is 0.667 bits per heavy atom. The van der Waals surface area contributed by atoms with Crippen molar-refractivity contribution in [3.05, 3.63) is 0 Å². The van der Waals surface area contributed by atoms with Crippen molar-refractivity contribution in [2.45, 2.75) is 82.1 Å². The standard InChI is InChI=1S/C26H28F14O8/c27-17(9-41-1-13-5-45-13)21(31)18(28,10-42-2-14-6-46-14)25(37,38)26(39,40)20(30,12-44-4-16-8-48-16)22(21,32)19(29,11-43-3-15-7-47-15)24(35,36)23(17,33)34/h13-16H,1-12H2. The first-order chi connectivity index (χ1) is 22.1. The second-order valence-corrected chi connectivity index (χ2v) is 12.7. The monoisotopic (exact) mass is 734 g/mol. The maximum absolute atomic E-state index is 17.8. The lowest BCUT2D eigenvalue weighted by atomic mass is 9.42. The number of epoxide rings is 4. The minimum Gasteiger partial charge on any atom is -0.375 e. The van der Waals surface area contributed by atoms with Gasteiger partial charge in [-0.3, -0.25) is 0 Å². The highest BCUT2D eigenvalue weighted by Crippen LogP contribution is 2.80. The van der Waals surface area contributed by atoms with Gasteiger partial charge in [0.25, 0.3) is 0 Å². The Kier molecular flexibility index (Phi) is 8.44. The van der Waals surface area contributed by atoms with E-state index in [-0.39, 0.29) is 26.4 Å². The summed E-state index contributed by atoms with van der Waals surface area (Å²) in [5, 5.41) is 0. The topological polar surface area (TPSA) is 87.0 Å². The van der Waals surface area contributed by atoms with E-state index in [9.17, 15) is 0 Å². The Bertz CT molecular complexity index is 1060. The summed E-state index contributed by atoms with van der Waals surface area (Å²) in [6.45, 7) is -17.6. The van der Waals surface area contributed by atoms with Gasteiger partial charge in [-0.2, -0.15) is 35.1 Å². The summed E-state index contributed by atoms with van der Waals surface area (Å²) >= 11 is 0. The van der Waals surface area contributed by atoms with Crippen molar-refractivity contribution < 1.29 is 99.4 Å². The van der Waals surface area contributed by atoms with E-state index >= 15 is 61.5 Å². The molecule has 2 saturated carbocycles. The van der Waals surface area contributed by atoms with Crippen molar-refractivity contribution in [1.82, 2.24) is 0 Å². The quantitative estimate of drug-likeness (QED) is 0.176.